The Labute approximate surface area is 159 Å². The number of benzene rings is 2. The molecule has 27 heavy (non-hydrogen) atoms. The molecule has 2 aromatic carbocycles. The van der Waals surface area contributed by atoms with Crippen molar-refractivity contribution in [1.29, 1.82) is 0 Å². The number of carbonyl (C=O) groups excluding carboxylic acids is 2. The first-order chi connectivity index (χ1) is 13.2. The van der Waals surface area contributed by atoms with Gasteiger partial charge in [0, 0.05) is 24.6 Å². The van der Waals surface area contributed by atoms with Crippen molar-refractivity contribution < 1.29 is 19.1 Å². The third-order valence-electron chi connectivity index (χ3n) is 3.49. The minimum atomic E-state index is -0.456. The number of alkyl carbamates (subject to hydrolysis) is 1. The van der Waals surface area contributed by atoms with E-state index in [1.165, 1.54) is 13.2 Å². The topological polar surface area (TPSA) is 64.6 Å². The number of hydrogen-bond donors (Lipinski definition) is 1. The molecule has 0 aliphatic heterocycles. The highest BCUT2D eigenvalue weighted by Gasteiger charge is 2.00. The van der Waals surface area contributed by atoms with E-state index in [4.69, 9.17) is 4.74 Å². The molecule has 5 heteroatoms. The van der Waals surface area contributed by atoms with E-state index in [9.17, 15) is 9.59 Å². The van der Waals surface area contributed by atoms with Crippen LogP contribution < -0.4 is 5.32 Å². The van der Waals surface area contributed by atoms with Crippen molar-refractivity contribution in [2.24, 2.45) is 0 Å². The smallest absolute Gasteiger partial charge is 0.407 e. The van der Waals surface area contributed by atoms with Crippen molar-refractivity contribution in [3.8, 4) is 11.8 Å². The van der Waals surface area contributed by atoms with Crippen molar-refractivity contribution in [3.05, 3.63) is 77.4 Å². The Morgan fingerprint density at radius 2 is 1.81 bits per heavy atom. The fraction of sp³-hybridized carbons (Fsp3) is 0.182. The summed E-state index contributed by atoms with van der Waals surface area (Å²) in [5.41, 5.74) is 2.68. The second-order valence-corrected chi connectivity index (χ2v) is 5.52. The van der Waals surface area contributed by atoms with E-state index >= 15 is 0 Å². The second kappa shape index (κ2) is 11.2. The summed E-state index contributed by atoms with van der Waals surface area (Å²) in [5.74, 6) is 5.62. The highest BCUT2D eigenvalue weighted by atomic mass is 16.5. The maximum absolute atomic E-state index is 11.6. The van der Waals surface area contributed by atoms with Crippen molar-refractivity contribution in [1.82, 2.24) is 5.32 Å². The monoisotopic (exact) mass is 363 g/mol. The van der Waals surface area contributed by atoms with Gasteiger partial charge in [-0.1, -0.05) is 54.3 Å². The molecule has 1 N–H and O–H groups in total. The zero-order valence-corrected chi connectivity index (χ0v) is 15.1. The van der Waals surface area contributed by atoms with Crippen LogP contribution in [0.25, 0.3) is 6.08 Å². The van der Waals surface area contributed by atoms with Gasteiger partial charge >= 0.3 is 12.1 Å². The molecule has 0 aromatic heterocycles. The number of carbonyl (C=O) groups is 2. The van der Waals surface area contributed by atoms with Gasteiger partial charge in [-0.25, -0.2) is 9.59 Å². The summed E-state index contributed by atoms with van der Waals surface area (Å²) in [6, 6.07) is 17.0. The SMILES string of the molecule is COC(=O)/C=C/c1ccc(C#CCCNC(=O)OCc2ccccc2)cc1. The molecule has 0 aliphatic rings. The predicted molar refractivity (Wildman–Crippen MR) is 104 cm³/mol. The zero-order chi connectivity index (χ0) is 19.3. The van der Waals surface area contributed by atoms with Crippen LogP contribution in [0.5, 0.6) is 0 Å². The number of amides is 1. The summed E-state index contributed by atoms with van der Waals surface area (Å²) < 4.78 is 9.66. The van der Waals surface area contributed by atoms with Gasteiger partial charge < -0.3 is 14.8 Å². The van der Waals surface area contributed by atoms with Crippen molar-refractivity contribution in [2.75, 3.05) is 13.7 Å². The van der Waals surface area contributed by atoms with Crippen molar-refractivity contribution >= 4 is 18.1 Å². The minimum Gasteiger partial charge on any atom is -0.466 e. The third kappa shape index (κ3) is 7.93. The molecule has 2 rings (SSSR count). The van der Waals surface area contributed by atoms with Crippen LogP contribution in [0.2, 0.25) is 0 Å². The summed E-state index contributed by atoms with van der Waals surface area (Å²) in [6.45, 7) is 0.662. The van der Waals surface area contributed by atoms with Gasteiger partial charge in [0.25, 0.3) is 0 Å². The molecule has 0 bridgehead atoms. The van der Waals surface area contributed by atoms with Crippen LogP contribution in [0.15, 0.2) is 60.7 Å². The van der Waals surface area contributed by atoms with Crippen LogP contribution in [0.3, 0.4) is 0 Å². The molecule has 0 aliphatic carbocycles. The molecule has 0 unspecified atom stereocenters. The number of methoxy groups -OCH3 is 1. The maximum Gasteiger partial charge on any atom is 0.407 e. The largest absolute Gasteiger partial charge is 0.466 e. The molecule has 5 nitrogen and oxygen atoms in total. The lowest BCUT2D eigenvalue weighted by Crippen LogP contribution is -2.24. The molecular weight excluding hydrogens is 342 g/mol. The molecule has 138 valence electrons. The van der Waals surface area contributed by atoms with E-state index < -0.39 is 12.1 Å². The molecule has 0 radical (unpaired) electrons. The first-order valence-corrected chi connectivity index (χ1v) is 8.47. The summed E-state index contributed by atoms with van der Waals surface area (Å²) >= 11 is 0. The molecule has 0 fully saturated rings. The van der Waals surface area contributed by atoms with Gasteiger partial charge in [-0.05, 0) is 29.3 Å². The Balaban J connectivity index is 1.68. The molecule has 0 atom stereocenters. The zero-order valence-electron chi connectivity index (χ0n) is 15.1. The lowest BCUT2D eigenvalue weighted by Gasteiger charge is -2.05. The summed E-state index contributed by atoms with van der Waals surface area (Å²) in [5, 5.41) is 2.66. The molecular formula is C22H21NO4. The summed E-state index contributed by atoms with van der Waals surface area (Å²) in [6.07, 6.45) is 3.10. The van der Waals surface area contributed by atoms with Gasteiger partial charge in [-0.2, -0.15) is 0 Å². The highest BCUT2D eigenvalue weighted by molar-refractivity contribution is 5.86. The van der Waals surface area contributed by atoms with E-state index in [0.29, 0.717) is 13.0 Å². The number of rotatable bonds is 6. The van der Waals surface area contributed by atoms with Crippen LogP contribution in [0, 0.1) is 11.8 Å². The Hall–Kier alpha value is -3.52. The summed E-state index contributed by atoms with van der Waals surface area (Å²) in [4.78, 5) is 22.6. The molecule has 0 spiro atoms. The number of hydrogen-bond acceptors (Lipinski definition) is 4. The van der Waals surface area contributed by atoms with E-state index in [-0.39, 0.29) is 6.61 Å². The maximum atomic E-state index is 11.6. The Morgan fingerprint density at radius 3 is 2.52 bits per heavy atom. The van der Waals surface area contributed by atoms with Gasteiger partial charge in [0.1, 0.15) is 6.61 Å². The van der Waals surface area contributed by atoms with Crippen molar-refractivity contribution in [2.45, 2.75) is 13.0 Å². The average Bonchev–Trinajstić information content (AvgIpc) is 2.71. The molecule has 2 aromatic rings. The van der Waals surface area contributed by atoms with E-state index in [1.807, 2.05) is 54.6 Å². The number of nitrogens with one attached hydrogen (secondary N) is 1. The van der Waals surface area contributed by atoms with Gasteiger partial charge in [-0.15, -0.1) is 0 Å². The van der Waals surface area contributed by atoms with Crippen molar-refractivity contribution in [3.63, 3.8) is 0 Å². The first-order valence-electron chi connectivity index (χ1n) is 8.47. The van der Waals surface area contributed by atoms with Crippen LogP contribution in [-0.4, -0.2) is 25.7 Å². The Morgan fingerprint density at radius 1 is 1.07 bits per heavy atom. The van der Waals surface area contributed by atoms with Crippen LogP contribution in [-0.2, 0) is 20.9 Å². The third-order valence-corrected chi connectivity index (χ3v) is 3.49. The predicted octanol–water partition coefficient (Wildman–Crippen LogP) is 3.54. The van der Waals surface area contributed by atoms with E-state index in [1.54, 1.807) is 6.08 Å². The lowest BCUT2D eigenvalue weighted by molar-refractivity contribution is -0.134. The molecule has 0 saturated heterocycles. The van der Waals surface area contributed by atoms with E-state index in [2.05, 4.69) is 21.9 Å². The normalized spacial score (nSPS) is 9.96. The quantitative estimate of drug-likeness (QED) is 0.369. The standard InChI is InChI=1S/C22H21NO4/c1-26-21(24)15-14-19-12-10-18(11-13-19)7-5-6-16-23-22(25)27-17-20-8-3-2-4-9-20/h2-4,8-15H,6,16-17H2,1H3,(H,23,25)/b15-14+. The number of esters is 1. The minimum absolute atomic E-state index is 0.245. The first kappa shape index (κ1) is 19.8. The molecule has 0 saturated carbocycles. The molecule has 0 heterocycles. The van der Waals surface area contributed by atoms with Crippen LogP contribution in [0.1, 0.15) is 23.1 Å². The highest BCUT2D eigenvalue weighted by Crippen LogP contribution is 2.05. The van der Waals surface area contributed by atoms with Gasteiger partial charge in [0.2, 0.25) is 0 Å². The number of ether oxygens (including phenoxy) is 2. The van der Waals surface area contributed by atoms with Crippen LogP contribution in [0.4, 0.5) is 4.79 Å². The Bertz CT molecular complexity index is 830. The van der Waals surface area contributed by atoms with Gasteiger partial charge in [0.15, 0.2) is 0 Å². The van der Waals surface area contributed by atoms with Crippen LogP contribution >= 0.6 is 0 Å². The summed E-state index contributed by atoms with van der Waals surface area (Å²) in [7, 11) is 1.34. The van der Waals surface area contributed by atoms with Gasteiger partial charge in [0.05, 0.1) is 7.11 Å². The molecule has 1 amide bonds. The van der Waals surface area contributed by atoms with E-state index in [0.717, 1.165) is 16.7 Å². The fourth-order valence-corrected chi connectivity index (χ4v) is 2.08. The van der Waals surface area contributed by atoms with Gasteiger partial charge in [-0.3, -0.25) is 0 Å². The average molecular weight is 363 g/mol. The lowest BCUT2D eigenvalue weighted by atomic mass is 10.1. The second-order valence-electron chi connectivity index (χ2n) is 5.52. The fourth-order valence-electron chi connectivity index (χ4n) is 2.08. The Kier molecular flexibility index (Phi) is 8.19.